The quantitative estimate of drug-likeness (QED) is 0.664. The van der Waals surface area contributed by atoms with Gasteiger partial charge in [-0.3, -0.25) is 14.6 Å². The number of H-pyrrole nitrogens is 1. The van der Waals surface area contributed by atoms with Gasteiger partial charge in [-0.2, -0.15) is 0 Å². The minimum Gasteiger partial charge on any atom is -0.408 e. The number of benzene rings is 2. The molecular formula is C18H17N3O4. The molecule has 0 spiro atoms. The molecule has 7 heteroatoms. The lowest BCUT2D eigenvalue weighted by Gasteiger charge is -2.08. The summed E-state index contributed by atoms with van der Waals surface area (Å²) < 4.78 is 4.95. The van der Waals surface area contributed by atoms with Crippen LogP contribution in [0.3, 0.4) is 0 Å². The molecule has 3 aromatic rings. The van der Waals surface area contributed by atoms with Crippen molar-refractivity contribution in [1.29, 1.82) is 0 Å². The second-order valence-electron chi connectivity index (χ2n) is 5.66. The maximum atomic E-state index is 12.1. The topological polar surface area (TPSA) is 104 Å². The van der Waals surface area contributed by atoms with Crippen LogP contribution in [0.1, 0.15) is 18.9 Å². The first kappa shape index (κ1) is 16.5. The second-order valence-corrected chi connectivity index (χ2v) is 5.66. The Balaban J connectivity index is 1.60. The Morgan fingerprint density at radius 1 is 1.08 bits per heavy atom. The Morgan fingerprint density at radius 2 is 1.84 bits per heavy atom. The first-order chi connectivity index (χ1) is 12.0. The van der Waals surface area contributed by atoms with Crippen molar-refractivity contribution < 1.29 is 14.0 Å². The molecule has 0 aliphatic heterocycles. The van der Waals surface area contributed by atoms with Crippen LogP contribution in [0.4, 0.5) is 11.4 Å². The van der Waals surface area contributed by atoms with Crippen molar-refractivity contribution in [2.24, 2.45) is 0 Å². The average Bonchev–Trinajstić information content (AvgIpc) is 2.92. The summed E-state index contributed by atoms with van der Waals surface area (Å²) in [7, 11) is 0. The highest BCUT2D eigenvalue weighted by atomic mass is 16.4. The fraction of sp³-hybridized carbons (Fsp3) is 0.167. The van der Waals surface area contributed by atoms with Gasteiger partial charge in [0.2, 0.25) is 11.8 Å². The molecule has 0 aliphatic rings. The van der Waals surface area contributed by atoms with Crippen molar-refractivity contribution in [3.05, 3.63) is 58.6 Å². The van der Waals surface area contributed by atoms with Crippen LogP contribution in [0.2, 0.25) is 0 Å². The Kier molecular flexibility index (Phi) is 4.65. The number of hydrogen-bond acceptors (Lipinski definition) is 4. The average molecular weight is 339 g/mol. The van der Waals surface area contributed by atoms with Crippen molar-refractivity contribution in [3.8, 4) is 0 Å². The maximum absolute atomic E-state index is 12.1. The molecule has 0 radical (unpaired) electrons. The van der Waals surface area contributed by atoms with Gasteiger partial charge in [-0.25, -0.2) is 4.79 Å². The van der Waals surface area contributed by atoms with E-state index in [0.29, 0.717) is 28.9 Å². The van der Waals surface area contributed by atoms with Crippen LogP contribution in [-0.2, 0) is 16.0 Å². The van der Waals surface area contributed by atoms with E-state index in [0.717, 1.165) is 5.56 Å². The standard InChI is InChI=1S/C18H17N3O4/c1-11(22)19-13-3-2-4-14(10-13)20-17(23)8-6-12-5-7-16-15(9-12)21-18(24)25-16/h2-5,7,9-10H,6,8H2,1H3,(H,19,22)(H,20,23)(H,21,24). The van der Waals surface area contributed by atoms with Crippen LogP contribution >= 0.6 is 0 Å². The molecule has 0 aliphatic carbocycles. The number of anilines is 2. The SMILES string of the molecule is CC(=O)Nc1cccc(NC(=O)CCc2ccc3oc(=O)[nH]c3c2)c1. The van der Waals surface area contributed by atoms with E-state index < -0.39 is 5.76 Å². The second kappa shape index (κ2) is 7.04. The Labute approximate surface area is 143 Å². The summed E-state index contributed by atoms with van der Waals surface area (Å²) in [5, 5.41) is 5.47. The van der Waals surface area contributed by atoms with E-state index in [4.69, 9.17) is 4.42 Å². The molecule has 1 aromatic heterocycles. The number of carbonyl (C=O) groups is 2. The van der Waals surface area contributed by atoms with Crippen molar-refractivity contribution in [1.82, 2.24) is 4.98 Å². The summed E-state index contributed by atoms with van der Waals surface area (Å²) in [5.41, 5.74) is 3.27. The highest BCUT2D eigenvalue weighted by Crippen LogP contribution is 2.17. The molecule has 7 nitrogen and oxygen atoms in total. The number of hydrogen-bond donors (Lipinski definition) is 3. The summed E-state index contributed by atoms with van der Waals surface area (Å²) in [6, 6.07) is 12.3. The van der Waals surface area contributed by atoms with Gasteiger partial charge in [0.15, 0.2) is 5.58 Å². The van der Waals surface area contributed by atoms with E-state index in [1.54, 1.807) is 36.4 Å². The van der Waals surface area contributed by atoms with Gasteiger partial charge < -0.3 is 15.1 Å². The zero-order chi connectivity index (χ0) is 17.8. The van der Waals surface area contributed by atoms with Crippen LogP contribution in [-0.4, -0.2) is 16.8 Å². The zero-order valence-corrected chi connectivity index (χ0v) is 13.6. The Morgan fingerprint density at radius 3 is 2.60 bits per heavy atom. The van der Waals surface area contributed by atoms with Crippen LogP contribution in [0.5, 0.6) is 0 Å². The highest BCUT2D eigenvalue weighted by molar-refractivity contribution is 5.93. The lowest BCUT2D eigenvalue weighted by molar-refractivity contribution is -0.116. The molecule has 0 saturated carbocycles. The zero-order valence-electron chi connectivity index (χ0n) is 13.6. The predicted molar refractivity (Wildman–Crippen MR) is 94.5 cm³/mol. The lowest BCUT2D eigenvalue weighted by atomic mass is 10.1. The number of aromatic nitrogens is 1. The van der Waals surface area contributed by atoms with E-state index >= 15 is 0 Å². The monoisotopic (exact) mass is 339 g/mol. The van der Waals surface area contributed by atoms with Crippen molar-refractivity contribution >= 4 is 34.3 Å². The summed E-state index contributed by atoms with van der Waals surface area (Å²) in [6.07, 6.45) is 0.818. The molecule has 0 atom stereocenters. The number of oxazole rings is 1. The summed E-state index contributed by atoms with van der Waals surface area (Å²) in [4.78, 5) is 36.9. The molecule has 0 saturated heterocycles. The van der Waals surface area contributed by atoms with Gasteiger partial charge in [0.1, 0.15) is 0 Å². The third kappa shape index (κ3) is 4.35. The van der Waals surface area contributed by atoms with E-state index in [9.17, 15) is 14.4 Å². The summed E-state index contributed by atoms with van der Waals surface area (Å²) in [5.74, 6) is -0.805. The molecular weight excluding hydrogens is 322 g/mol. The smallest absolute Gasteiger partial charge is 0.408 e. The molecule has 2 amide bonds. The molecule has 0 unspecified atom stereocenters. The van der Waals surface area contributed by atoms with Crippen molar-refractivity contribution in [2.45, 2.75) is 19.8 Å². The van der Waals surface area contributed by atoms with Gasteiger partial charge in [0.05, 0.1) is 5.52 Å². The molecule has 0 fully saturated rings. The fourth-order valence-corrected chi connectivity index (χ4v) is 2.51. The molecule has 3 rings (SSSR count). The number of aromatic amines is 1. The predicted octanol–water partition coefficient (Wildman–Crippen LogP) is 2.65. The van der Waals surface area contributed by atoms with Gasteiger partial charge in [-0.1, -0.05) is 12.1 Å². The Hall–Kier alpha value is -3.35. The van der Waals surface area contributed by atoms with Crippen LogP contribution in [0.15, 0.2) is 51.7 Å². The number of rotatable bonds is 5. The third-order valence-corrected chi connectivity index (χ3v) is 3.59. The normalized spacial score (nSPS) is 10.6. The molecule has 0 bridgehead atoms. The first-order valence-electron chi connectivity index (χ1n) is 7.79. The van der Waals surface area contributed by atoms with Gasteiger partial charge in [-0.15, -0.1) is 0 Å². The lowest BCUT2D eigenvalue weighted by Crippen LogP contribution is -2.13. The van der Waals surface area contributed by atoms with Crippen molar-refractivity contribution in [2.75, 3.05) is 10.6 Å². The Bertz CT molecular complexity index is 987. The number of aryl methyl sites for hydroxylation is 1. The fourth-order valence-electron chi connectivity index (χ4n) is 2.51. The van der Waals surface area contributed by atoms with Crippen LogP contribution in [0, 0.1) is 0 Å². The number of amides is 2. The summed E-state index contributed by atoms with van der Waals surface area (Å²) in [6.45, 7) is 1.43. The van der Waals surface area contributed by atoms with Crippen molar-refractivity contribution in [3.63, 3.8) is 0 Å². The molecule has 128 valence electrons. The van der Waals surface area contributed by atoms with E-state index in [-0.39, 0.29) is 18.2 Å². The minimum atomic E-state index is -0.496. The minimum absolute atomic E-state index is 0.138. The number of carbonyl (C=O) groups excluding carboxylic acids is 2. The van der Waals surface area contributed by atoms with E-state index in [1.165, 1.54) is 6.92 Å². The summed E-state index contributed by atoms with van der Waals surface area (Å²) >= 11 is 0. The van der Waals surface area contributed by atoms with Gasteiger partial charge in [0, 0.05) is 24.7 Å². The third-order valence-electron chi connectivity index (χ3n) is 3.59. The molecule has 2 aromatic carbocycles. The molecule has 1 heterocycles. The number of nitrogens with one attached hydrogen (secondary N) is 3. The van der Waals surface area contributed by atoms with E-state index in [2.05, 4.69) is 15.6 Å². The van der Waals surface area contributed by atoms with Gasteiger partial charge in [-0.05, 0) is 42.3 Å². The number of fused-ring (bicyclic) bond motifs is 1. The maximum Gasteiger partial charge on any atom is 0.417 e. The molecule has 25 heavy (non-hydrogen) atoms. The largest absolute Gasteiger partial charge is 0.417 e. The van der Waals surface area contributed by atoms with E-state index in [1.807, 2.05) is 6.07 Å². The van der Waals surface area contributed by atoms with Gasteiger partial charge >= 0.3 is 5.76 Å². The molecule has 3 N–H and O–H groups in total. The first-order valence-corrected chi connectivity index (χ1v) is 7.79. The van der Waals surface area contributed by atoms with Crippen LogP contribution in [0.25, 0.3) is 11.1 Å². The highest BCUT2D eigenvalue weighted by Gasteiger charge is 2.07. The van der Waals surface area contributed by atoms with Gasteiger partial charge in [0.25, 0.3) is 0 Å². The van der Waals surface area contributed by atoms with Crippen LogP contribution < -0.4 is 16.4 Å².